The molecule has 148 valence electrons. The Morgan fingerprint density at radius 1 is 1.21 bits per heavy atom. The number of nitrogens with one attached hydrogen (secondary N) is 1. The van der Waals surface area contributed by atoms with Crippen molar-refractivity contribution >= 4 is 28.5 Å². The zero-order valence-electron chi connectivity index (χ0n) is 14.9. The first-order chi connectivity index (χ1) is 13.4. The highest BCUT2D eigenvalue weighted by atomic mass is 35.5. The minimum Gasteiger partial charge on any atom is -0.387 e. The predicted octanol–water partition coefficient (Wildman–Crippen LogP) is 1.03. The molecule has 4 rings (SSSR count). The third-order valence-corrected chi connectivity index (χ3v) is 5.26. The molecule has 0 spiro atoms. The van der Waals surface area contributed by atoms with Crippen LogP contribution in [0.1, 0.15) is 23.5 Å². The van der Waals surface area contributed by atoms with Crippen molar-refractivity contribution < 1.29 is 20.1 Å². The first kappa shape index (κ1) is 19.1. The molecular weight excluding hydrogens is 386 g/mol. The Hall–Kier alpha value is -2.27. The number of fused-ring (bicyclic) bond motifs is 1. The molecule has 1 saturated heterocycles. The Bertz CT molecular complexity index is 996. The fourth-order valence-electron chi connectivity index (χ4n) is 3.60. The maximum absolute atomic E-state index is 10.7. The van der Waals surface area contributed by atoms with E-state index in [1.807, 2.05) is 6.92 Å². The molecule has 28 heavy (non-hydrogen) atoms. The van der Waals surface area contributed by atoms with Gasteiger partial charge in [-0.2, -0.15) is 0 Å². The van der Waals surface area contributed by atoms with Gasteiger partial charge >= 0.3 is 0 Å². The van der Waals surface area contributed by atoms with Gasteiger partial charge < -0.3 is 30.0 Å². The van der Waals surface area contributed by atoms with Crippen molar-refractivity contribution in [3.8, 4) is 0 Å². The second-order valence-electron chi connectivity index (χ2n) is 6.75. The van der Waals surface area contributed by atoms with Crippen molar-refractivity contribution in [3.63, 3.8) is 0 Å². The van der Waals surface area contributed by atoms with E-state index in [4.69, 9.17) is 22.2 Å². The minimum atomic E-state index is -1.30. The molecule has 5 atom stereocenters. The van der Waals surface area contributed by atoms with Gasteiger partial charge in [0.2, 0.25) is 0 Å². The molecular formula is C18H20ClN5O4. The quantitative estimate of drug-likeness (QED) is 0.320. The van der Waals surface area contributed by atoms with E-state index in [1.165, 1.54) is 6.33 Å². The summed E-state index contributed by atoms with van der Waals surface area (Å²) in [5.41, 5.74) is 4.34. The van der Waals surface area contributed by atoms with Crippen LogP contribution in [-0.2, 0) is 4.74 Å². The molecule has 0 radical (unpaired) electrons. The number of hydrogen-bond acceptors (Lipinski definition) is 8. The van der Waals surface area contributed by atoms with Crippen LogP contribution >= 0.6 is 11.6 Å². The maximum atomic E-state index is 10.7. The number of hydrazine groups is 1. The molecule has 1 fully saturated rings. The van der Waals surface area contributed by atoms with Crippen molar-refractivity contribution in [1.29, 1.82) is 0 Å². The lowest BCUT2D eigenvalue weighted by atomic mass is 9.99. The summed E-state index contributed by atoms with van der Waals surface area (Å²) < 4.78 is 7.49. The van der Waals surface area contributed by atoms with E-state index >= 15 is 0 Å². The van der Waals surface area contributed by atoms with Crippen LogP contribution in [0.15, 0.2) is 36.8 Å². The van der Waals surface area contributed by atoms with Gasteiger partial charge in [0.05, 0.1) is 5.39 Å². The molecule has 9 nitrogen and oxygen atoms in total. The highest BCUT2D eigenvalue weighted by Gasteiger charge is 2.47. The van der Waals surface area contributed by atoms with Crippen LogP contribution in [0, 0.1) is 6.92 Å². The summed E-state index contributed by atoms with van der Waals surface area (Å²) in [5, 5.41) is 33.0. The zero-order chi connectivity index (χ0) is 20.0. The smallest absolute Gasteiger partial charge is 0.164 e. The number of ether oxygens (including phenoxy) is 1. The topological polar surface area (TPSA) is 139 Å². The Kier molecular flexibility index (Phi) is 4.96. The van der Waals surface area contributed by atoms with Gasteiger partial charge in [0.15, 0.2) is 12.0 Å². The number of halogens is 1. The van der Waals surface area contributed by atoms with Gasteiger partial charge in [-0.15, -0.1) is 0 Å². The molecule has 1 aromatic carbocycles. The molecule has 2 aromatic heterocycles. The fraction of sp³-hybridized carbons (Fsp3) is 0.333. The number of nitrogen functional groups attached to an aromatic ring is 1. The second kappa shape index (κ2) is 7.28. The number of aromatic nitrogens is 3. The molecule has 1 aliphatic heterocycles. The fourth-order valence-corrected chi connectivity index (χ4v) is 3.72. The molecule has 3 heterocycles. The average Bonchev–Trinajstić information content (AvgIpc) is 3.19. The van der Waals surface area contributed by atoms with E-state index in [9.17, 15) is 15.3 Å². The lowest BCUT2D eigenvalue weighted by Gasteiger charge is -2.21. The van der Waals surface area contributed by atoms with Crippen LogP contribution in [0.25, 0.3) is 11.0 Å². The highest BCUT2D eigenvalue weighted by molar-refractivity contribution is 6.30. The van der Waals surface area contributed by atoms with Gasteiger partial charge in [-0.25, -0.2) is 15.8 Å². The van der Waals surface area contributed by atoms with Gasteiger partial charge in [0, 0.05) is 11.2 Å². The number of hydrogen-bond donors (Lipinski definition) is 5. The average molecular weight is 406 g/mol. The molecule has 3 aromatic rings. The van der Waals surface area contributed by atoms with E-state index in [0.717, 1.165) is 5.56 Å². The largest absolute Gasteiger partial charge is 0.387 e. The predicted molar refractivity (Wildman–Crippen MR) is 102 cm³/mol. The molecule has 0 saturated carbocycles. The SMILES string of the molecule is Cc1cn([C@@H]2O[C@H]([C@H](O)c3ccc(Cl)cc3)[C@@H](O)[C@H]2O)c2ncnc(NN)c12. The van der Waals surface area contributed by atoms with Gasteiger partial charge in [-0.3, -0.25) is 0 Å². The number of rotatable bonds is 4. The second-order valence-corrected chi connectivity index (χ2v) is 7.19. The Labute approximate surface area is 165 Å². The third-order valence-electron chi connectivity index (χ3n) is 5.01. The number of aliphatic hydroxyl groups excluding tert-OH is 3. The summed E-state index contributed by atoms with van der Waals surface area (Å²) in [7, 11) is 0. The molecule has 0 unspecified atom stereocenters. The van der Waals surface area contributed by atoms with Gasteiger partial charge in [-0.05, 0) is 30.2 Å². The lowest BCUT2D eigenvalue weighted by molar-refractivity contribution is -0.0848. The van der Waals surface area contributed by atoms with Crippen LogP contribution in [0.3, 0.4) is 0 Å². The summed E-state index contributed by atoms with van der Waals surface area (Å²) >= 11 is 5.88. The Morgan fingerprint density at radius 3 is 2.61 bits per heavy atom. The Balaban J connectivity index is 1.69. The maximum Gasteiger partial charge on any atom is 0.164 e. The van der Waals surface area contributed by atoms with Crippen molar-refractivity contribution in [1.82, 2.24) is 14.5 Å². The summed E-state index contributed by atoms with van der Waals surface area (Å²) in [4.78, 5) is 8.34. The first-order valence-corrected chi connectivity index (χ1v) is 9.04. The van der Waals surface area contributed by atoms with Crippen LogP contribution in [0.2, 0.25) is 5.02 Å². The van der Waals surface area contributed by atoms with E-state index in [1.54, 1.807) is 35.0 Å². The molecule has 1 aliphatic rings. The summed E-state index contributed by atoms with van der Waals surface area (Å²) in [6, 6.07) is 6.56. The minimum absolute atomic E-state index is 0.437. The summed E-state index contributed by atoms with van der Waals surface area (Å²) in [6.07, 6.45) is -2.63. The number of benzene rings is 1. The summed E-state index contributed by atoms with van der Waals surface area (Å²) in [5.74, 6) is 5.96. The van der Waals surface area contributed by atoms with Crippen LogP contribution in [0.5, 0.6) is 0 Å². The highest BCUT2D eigenvalue weighted by Crippen LogP contribution is 2.38. The number of aliphatic hydroxyl groups is 3. The first-order valence-electron chi connectivity index (χ1n) is 8.66. The summed E-state index contributed by atoms with van der Waals surface area (Å²) in [6.45, 7) is 1.85. The normalized spacial score (nSPS) is 25.9. The number of nitrogens with two attached hydrogens (primary N) is 1. The van der Waals surface area contributed by atoms with E-state index in [-0.39, 0.29) is 0 Å². The standard InChI is InChI=1S/C18H20ClN5O4/c1-8-6-24(17-11(8)16(23-20)21-7-22-17)18-14(27)13(26)15(28-18)12(25)9-2-4-10(19)5-3-9/h2-7,12-15,18,25-27H,20H2,1H3,(H,21,22,23)/t12-,13+,14-,15-,18-/m1/s1. The molecule has 0 bridgehead atoms. The third kappa shape index (κ3) is 3.02. The van der Waals surface area contributed by atoms with E-state index in [2.05, 4.69) is 15.4 Å². The monoisotopic (exact) mass is 405 g/mol. The number of anilines is 1. The van der Waals surface area contributed by atoms with Crippen molar-refractivity contribution in [2.45, 2.75) is 37.6 Å². The molecule has 6 N–H and O–H groups in total. The van der Waals surface area contributed by atoms with Gasteiger partial charge in [0.25, 0.3) is 0 Å². The van der Waals surface area contributed by atoms with Crippen molar-refractivity contribution in [3.05, 3.63) is 52.9 Å². The van der Waals surface area contributed by atoms with Crippen molar-refractivity contribution in [2.24, 2.45) is 5.84 Å². The van der Waals surface area contributed by atoms with Crippen LogP contribution in [0.4, 0.5) is 5.82 Å². The van der Waals surface area contributed by atoms with Crippen LogP contribution in [-0.4, -0.2) is 48.2 Å². The molecule has 0 aliphatic carbocycles. The number of nitrogens with zero attached hydrogens (tertiary/aromatic N) is 3. The zero-order valence-corrected chi connectivity index (χ0v) is 15.7. The van der Waals surface area contributed by atoms with Crippen LogP contribution < -0.4 is 11.3 Å². The number of aryl methyl sites for hydroxylation is 1. The van der Waals surface area contributed by atoms with Crippen molar-refractivity contribution in [2.75, 3.05) is 5.43 Å². The molecule has 10 heteroatoms. The lowest BCUT2D eigenvalue weighted by Crippen LogP contribution is -2.34. The van der Waals surface area contributed by atoms with Gasteiger partial charge in [-0.1, -0.05) is 23.7 Å². The van der Waals surface area contributed by atoms with Gasteiger partial charge in [0.1, 0.15) is 36.4 Å². The Morgan fingerprint density at radius 2 is 1.93 bits per heavy atom. The van der Waals surface area contributed by atoms with E-state index < -0.39 is 30.6 Å². The van der Waals surface area contributed by atoms with E-state index in [0.29, 0.717) is 27.4 Å². The molecule has 0 amide bonds.